The molecular formula is C24H28O5. The van der Waals surface area contributed by atoms with Crippen molar-refractivity contribution < 1.29 is 23.8 Å². The average molecular weight is 396 g/mol. The molecule has 0 saturated carbocycles. The zero-order chi connectivity index (χ0) is 20.4. The lowest BCUT2D eigenvalue weighted by Gasteiger charge is -2.36. The second-order valence-electron chi connectivity index (χ2n) is 7.87. The van der Waals surface area contributed by atoms with E-state index in [0.29, 0.717) is 42.1 Å². The molecule has 1 aromatic rings. The van der Waals surface area contributed by atoms with Crippen LogP contribution in [0.4, 0.5) is 0 Å². The maximum Gasteiger partial charge on any atom is 0.163 e. The lowest BCUT2D eigenvalue weighted by atomic mass is 9.73. The van der Waals surface area contributed by atoms with Gasteiger partial charge in [0.2, 0.25) is 0 Å². The number of carbonyl (C=O) groups excluding carboxylic acids is 2. The molecule has 0 N–H and O–H groups in total. The third-order valence-corrected chi connectivity index (χ3v) is 5.92. The Kier molecular flexibility index (Phi) is 5.74. The summed E-state index contributed by atoms with van der Waals surface area (Å²) in [6.07, 6.45) is 6.13. The first-order valence-corrected chi connectivity index (χ1v) is 10.6. The van der Waals surface area contributed by atoms with Crippen molar-refractivity contribution in [3.05, 3.63) is 46.4 Å². The van der Waals surface area contributed by atoms with E-state index in [1.54, 1.807) is 7.11 Å². The minimum atomic E-state index is -0.368. The highest BCUT2D eigenvalue weighted by atomic mass is 16.5. The van der Waals surface area contributed by atoms with E-state index in [1.807, 2.05) is 18.2 Å². The van der Waals surface area contributed by atoms with E-state index in [4.69, 9.17) is 14.2 Å². The van der Waals surface area contributed by atoms with Gasteiger partial charge in [-0.05, 0) is 37.0 Å². The van der Waals surface area contributed by atoms with Gasteiger partial charge in [-0.2, -0.15) is 0 Å². The predicted octanol–water partition coefficient (Wildman–Crippen LogP) is 5.00. The number of unbranched alkanes of at least 4 members (excludes halogenated alkanes) is 1. The highest BCUT2D eigenvalue weighted by Gasteiger charge is 2.41. The zero-order valence-electron chi connectivity index (χ0n) is 17.2. The highest BCUT2D eigenvalue weighted by Crippen LogP contribution is 2.48. The van der Waals surface area contributed by atoms with E-state index in [1.165, 1.54) is 0 Å². The van der Waals surface area contributed by atoms with Crippen LogP contribution in [0.2, 0.25) is 0 Å². The van der Waals surface area contributed by atoms with Gasteiger partial charge in [-0.3, -0.25) is 9.59 Å². The molecule has 0 radical (unpaired) electrons. The minimum absolute atomic E-state index is 0.0865. The van der Waals surface area contributed by atoms with Crippen molar-refractivity contribution in [1.29, 1.82) is 0 Å². The van der Waals surface area contributed by atoms with E-state index in [0.717, 1.165) is 55.6 Å². The first-order chi connectivity index (χ1) is 14.1. The van der Waals surface area contributed by atoms with Crippen LogP contribution in [0.3, 0.4) is 0 Å². The van der Waals surface area contributed by atoms with Gasteiger partial charge in [0.1, 0.15) is 11.5 Å². The van der Waals surface area contributed by atoms with E-state index in [-0.39, 0.29) is 17.5 Å². The largest absolute Gasteiger partial charge is 0.493 e. The number of allylic oxidation sites excluding steroid dienone is 4. The topological polar surface area (TPSA) is 61.8 Å². The Morgan fingerprint density at radius 3 is 2.21 bits per heavy atom. The number of Topliss-reactive ketones (excluding diaryl/α,β-unsaturated/α-hetero) is 2. The van der Waals surface area contributed by atoms with Crippen LogP contribution in [0.25, 0.3) is 0 Å². The Bertz CT molecular complexity index is 851. The molecule has 0 fully saturated rings. The molecule has 0 amide bonds. The molecule has 5 nitrogen and oxygen atoms in total. The molecule has 154 valence electrons. The van der Waals surface area contributed by atoms with E-state index in [9.17, 15) is 9.59 Å². The van der Waals surface area contributed by atoms with Gasteiger partial charge in [0, 0.05) is 42.7 Å². The summed E-state index contributed by atoms with van der Waals surface area (Å²) in [5, 5.41) is 0. The molecule has 1 aromatic carbocycles. The minimum Gasteiger partial charge on any atom is -0.493 e. The number of benzene rings is 1. The number of carbonyl (C=O) groups is 2. The van der Waals surface area contributed by atoms with Gasteiger partial charge in [0.25, 0.3) is 0 Å². The van der Waals surface area contributed by atoms with Crippen molar-refractivity contribution in [2.75, 3.05) is 13.7 Å². The molecule has 0 atom stereocenters. The second-order valence-corrected chi connectivity index (χ2v) is 7.87. The van der Waals surface area contributed by atoms with Crippen molar-refractivity contribution in [3.8, 4) is 11.5 Å². The molecule has 3 aliphatic rings. The van der Waals surface area contributed by atoms with Crippen LogP contribution >= 0.6 is 0 Å². The van der Waals surface area contributed by atoms with Crippen LogP contribution in [0, 0.1) is 0 Å². The van der Waals surface area contributed by atoms with Crippen molar-refractivity contribution in [2.45, 2.75) is 64.2 Å². The number of hydrogen-bond acceptors (Lipinski definition) is 5. The maximum atomic E-state index is 12.9. The molecule has 0 spiro atoms. The number of rotatable bonds is 6. The van der Waals surface area contributed by atoms with Crippen LogP contribution < -0.4 is 9.47 Å². The fourth-order valence-corrected chi connectivity index (χ4v) is 4.46. The molecule has 2 aliphatic carbocycles. The number of methoxy groups -OCH3 is 1. The Morgan fingerprint density at radius 1 is 0.966 bits per heavy atom. The number of hydrogen-bond donors (Lipinski definition) is 0. The zero-order valence-corrected chi connectivity index (χ0v) is 17.2. The number of ketones is 2. The van der Waals surface area contributed by atoms with Crippen LogP contribution in [0.15, 0.2) is 40.9 Å². The summed E-state index contributed by atoms with van der Waals surface area (Å²) in [6, 6.07) is 5.76. The van der Waals surface area contributed by atoms with Gasteiger partial charge >= 0.3 is 0 Å². The summed E-state index contributed by atoms with van der Waals surface area (Å²) < 4.78 is 17.5. The Labute approximate surface area is 171 Å². The fraction of sp³-hybridized carbons (Fsp3) is 0.500. The van der Waals surface area contributed by atoms with Gasteiger partial charge in [-0.25, -0.2) is 0 Å². The molecule has 5 heteroatoms. The van der Waals surface area contributed by atoms with Crippen molar-refractivity contribution in [1.82, 2.24) is 0 Å². The normalized spacial score (nSPS) is 19.7. The highest BCUT2D eigenvalue weighted by molar-refractivity contribution is 6.05. The molecular weight excluding hydrogens is 368 g/mol. The van der Waals surface area contributed by atoms with Gasteiger partial charge in [0.05, 0.1) is 13.7 Å². The van der Waals surface area contributed by atoms with Gasteiger partial charge in [-0.15, -0.1) is 0 Å². The SMILES string of the molecule is CCCCOc1ccc(C2C3=C(CCCC3=O)OC3=C2C(=O)CCC3)cc1OC. The van der Waals surface area contributed by atoms with Crippen molar-refractivity contribution in [2.24, 2.45) is 0 Å². The Balaban J connectivity index is 1.78. The summed E-state index contributed by atoms with van der Waals surface area (Å²) in [6.45, 7) is 2.75. The molecule has 0 bridgehead atoms. The van der Waals surface area contributed by atoms with E-state index in [2.05, 4.69) is 6.92 Å². The first-order valence-electron chi connectivity index (χ1n) is 10.6. The van der Waals surface area contributed by atoms with Gasteiger partial charge in [0.15, 0.2) is 23.1 Å². The molecule has 4 rings (SSSR count). The summed E-state index contributed by atoms with van der Waals surface area (Å²) in [7, 11) is 1.61. The fourth-order valence-electron chi connectivity index (χ4n) is 4.46. The Hall–Kier alpha value is -2.56. The molecule has 0 aromatic heterocycles. The third kappa shape index (κ3) is 3.70. The standard InChI is InChI=1S/C24H28O5/c1-3-4-13-28-18-12-11-15(14-21(18)27-2)22-23-16(25)7-5-9-19(23)29-20-10-6-8-17(26)24(20)22/h11-12,14,22H,3-10,13H2,1-2H3. The molecule has 29 heavy (non-hydrogen) atoms. The summed E-state index contributed by atoms with van der Waals surface area (Å²) in [4.78, 5) is 25.7. The van der Waals surface area contributed by atoms with Crippen LogP contribution in [-0.2, 0) is 14.3 Å². The third-order valence-electron chi connectivity index (χ3n) is 5.92. The smallest absolute Gasteiger partial charge is 0.163 e. The Morgan fingerprint density at radius 2 is 1.62 bits per heavy atom. The summed E-state index contributed by atoms with van der Waals surface area (Å²) >= 11 is 0. The van der Waals surface area contributed by atoms with Gasteiger partial charge in [-0.1, -0.05) is 19.4 Å². The second kappa shape index (κ2) is 8.44. The monoisotopic (exact) mass is 396 g/mol. The quantitative estimate of drug-likeness (QED) is 0.633. The van der Waals surface area contributed by atoms with Crippen LogP contribution in [0.1, 0.15) is 69.8 Å². The van der Waals surface area contributed by atoms with Gasteiger partial charge < -0.3 is 14.2 Å². The number of ether oxygens (including phenoxy) is 3. The maximum absolute atomic E-state index is 12.9. The lowest BCUT2D eigenvalue weighted by molar-refractivity contribution is -0.117. The predicted molar refractivity (Wildman–Crippen MR) is 109 cm³/mol. The van der Waals surface area contributed by atoms with Crippen molar-refractivity contribution in [3.63, 3.8) is 0 Å². The van der Waals surface area contributed by atoms with E-state index >= 15 is 0 Å². The van der Waals surface area contributed by atoms with Crippen LogP contribution in [0.5, 0.6) is 11.5 Å². The summed E-state index contributed by atoms with van der Waals surface area (Å²) in [5.74, 6) is 2.62. The van der Waals surface area contributed by atoms with Crippen LogP contribution in [-0.4, -0.2) is 25.3 Å². The average Bonchev–Trinajstić information content (AvgIpc) is 2.73. The molecule has 1 aliphatic heterocycles. The summed E-state index contributed by atoms with van der Waals surface area (Å²) in [5.41, 5.74) is 2.21. The first kappa shape index (κ1) is 19.7. The lowest BCUT2D eigenvalue weighted by Crippen LogP contribution is -2.30. The van der Waals surface area contributed by atoms with E-state index < -0.39 is 0 Å². The molecule has 0 unspecified atom stereocenters. The molecule has 1 heterocycles. The van der Waals surface area contributed by atoms with Crippen molar-refractivity contribution >= 4 is 11.6 Å². The molecule has 0 saturated heterocycles.